The third kappa shape index (κ3) is 2.31. The number of H-pyrrole nitrogens is 1. The van der Waals surface area contributed by atoms with E-state index in [1.54, 1.807) is 9.73 Å². The normalized spacial score (nSPS) is 14.9. The van der Waals surface area contributed by atoms with Crippen molar-refractivity contribution in [3.63, 3.8) is 0 Å². The van der Waals surface area contributed by atoms with Crippen LogP contribution in [-0.4, -0.2) is 4.98 Å². The van der Waals surface area contributed by atoms with Crippen molar-refractivity contribution in [2.75, 3.05) is 0 Å². The van der Waals surface area contributed by atoms with Gasteiger partial charge in [0.1, 0.15) is 0 Å². The predicted octanol–water partition coefficient (Wildman–Crippen LogP) is 2.69. The van der Waals surface area contributed by atoms with Gasteiger partial charge >= 0.3 is 99.2 Å². The second-order valence-corrected chi connectivity index (χ2v) is 6.04. The summed E-state index contributed by atoms with van der Waals surface area (Å²) in [6.07, 6.45) is 12.4. The summed E-state index contributed by atoms with van der Waals surface area (Å²) in [6, 6.07) is 0. The fraction of sp³-hybridized carbons (Fsp3) is 0.385. The molecule has 1 aliphatic rings. The number of hydrogen-bond donors (Lipinski definition) is 1. The third-order valence-electron chi connectivity index (χ3n) is 2.67. The minimum atomic E-state index is 0.242. The van der Waals surface area contributed by atoms with Gasteiger partial charge in [0.2, 0.25) is 0 Å². The molecule has 1 aliphatic carbocycles. The topological polar surface area (TPSA) is 15.8 Å². The first-order chi connectivity index (χ1) is 7.35. The standard InChI is InChI=1S/C8H12N.C5H5.Ru/c1-3-7-5-9-6-8(7)4-2;1-2-4-5-3-1;/h5,9H,3-4H2,1-2H3;1-3H,4H2;. The first-order valence-electron chi connectivity index (χ1n) is 5.52. The third-order valence-corrected chi connectivity index (χ3v) is 5.08. The Balaban J connectivity index is 2.17. The van der Waals surface area contributed by atoms with Crippen molar-refractivity contribution in [2.24, 2.45) is 0 Å². The van der Waals surface area contributed by atoms with Gasteiger partial charge in [0.15, 0.2) is 0 Å². The van der Waals surface area contributed by atoms with Crippen molar-refractivity contribution in [3.05, 3.63) is 39.7 Å². The number of aromatic amines is 1. The Bertz CT molecular complexity index is 399. The molecule has 0 fully saturated rings. The first-order valence-corrected chi connectivity index (χ1v) is 7.26. The first kappa shape index (κ1) is 10.9. The summed E-state index contributed by atoms with van der Waals surface area (Å²) in [5.74, 6) is 0. The SMILES string of the molecule is CCc1c[nH][c]([Ru][C]2=CC=CC2)c1CC. The molecule has 82 valence electrons. The van der Waals surface area contributed by atoms with E-state index in [9.17, 15) is 0 Å². The summed E-state index contributed by atoms with van der Waals surface area (Å²) in [6.45, 7) is 4.49. The molecule has 1 aromatic rings. The summed E-state index contributed by atoms with van der Waals surface area (Å²) in [5.41, 5.74) is 3.08. The van der Waals surface area contributed by atoms with Crippen LogP contribution in [0.3, 0.4) is 0 Å². The molecule has 0 aromatic carbocycles. The summed E-state index contributed by atoms with van der Waals surface area (Å²) in [4.78, 5) is 3.47. The molecule has 0 atom stereocenters. The van der Waals surface area contributed by atoms with Crippen LogP contribution < -0.4 is 4.29 Å². The zero-order valence-electron chi connectivity index (χ0n) is 9.28. The summed E-state index contributed by atoms with van der Waals surface area (Å²) >= 11 is 0.242. The summed E-state index contributed by atoms with van der Waals surface area (Å²) in [5, 5.41) is 0. The Morgan fingerprint density at radius 2 is 2.20 bits per heavy atom. The molecule has 0 bridgehead atoms. The van der Waals surface area contributed by atoms with Gasteiger partial charge in [0.05, 0.1) is 0 Å². The van der Waals surface area contributed by atoms with Crippen molar-refractivity contribution in [1.82, 2.24) is 4.98 Å². The van der Waals surface area contributed by atoms with E-state index in [-0.39, 0.29) is 17.1 Å². The Labute approximate surface area is 99.3 Å². The van der Waals surface area contributed by atoms with Crippen LogP contribution >= 0.6 is 0 Å². The molecule has 15 heavy (non-hydrogen) atoms. The monoisotopic (exact) mass is 289 g/mol. The quantitative estimate of drug-likeness (QED) is 0.820. The second-order valence-electron chi connectivity index (χ2n) is 3.62. The van der Waals surface area contributed by atoms with Crippen LogP contribution in [0.2, 0.25) is 0 Å². The van der Waals surface area contributed by atoms with Gasteiger partial charge < -0.3 is 0 Å². The van der Waals surface area contributed by atoms with Crippen molar-refractivity contribution in [2.45, 2.75) is 33.1 Å². The second kappa shape index (κ2) is 4.94. The Hall–Kier alpha value is -0.617. The molecule has 0 radical (unpaired) electrons. The van der Waals surface area contributed by atoms with E-state index >= 15 is 0 Å². The average molecular weight is 288 g/mol. The van der Waals surface area contributed by atoms with Crippen LogP contribution in [0.1, 0.15) is 31.4 Å². The fourth-order valence-electron chi connectivity index (χ4n) is 1.83. The number of allylic oxidation sites excluding steroid dienone is 4. The van der Waals surface area contributed by atoms with Gasteiger partial charge in [-0.1, -0.05) is 0 Å². The van der Waals surface area contributed by atoms with E-state index in [1.165, 1.54) is 16.3 Å². The van der Waals surface area contributed by atoms with E-state index in [2.05, 4.69) is 43.3 Å². The van der Waals surface area contributed by atoms with Crippen molar-refractivity contribution < 1.29 is 17.1 Å². The number of aryl methyl sites for hydroxylation is 1. The summed E-state index contributed by atoms with van der Waals surface area (Å²) < 4.78 is 3.12. The molecule has 0 unspecified atom stereocenters. The minimum absolute atomic E-state index is 0.242. The molecule has 1 nitrogen and oxygen atoms in total. The van der Waals surface area contributed by atoms with Crippen LogP contribution in [0, 0.1) is 0 Å². The number of rotatable bonds is 4. The van der Waals surface area contributed by atoms with Gasteiger partial charge in [0.25, 0.3) is 0 Å². The molecule has 2 heteroatoms. The van der Waals surface area contributed by atoms with Crippen molar-refractivity contribution in [1.29, 1.82) is 0 Å². The molecule has 1 aromatic heterocycles. The van der Waals surface area contributed by atoms with Crippen LogP contribution in [0.15, 0.2) is 28.6 Å². The van der Waals surface area contributed by atoms with Crippen LogP contribution in [0.4, 0.5) is 0 Å². The van der Waals surface area contributed by atoms with Gasteiger partial charge in [-0.2, -0.15) is 0 Å². The molecule has 0 saturated heterocycles. The maximum absolute atomic E-state index is 3.47. The Kier molecular flexibility index (Phi) is 3.59. The maximum atomic E-state index is 3.47. The van der Waals surface area contributed by atoms with E-state index in [4.69, 9.17) is 0 Å². The predicted molar refractivity (Wildman–Crippen MR) is 61.0 cm³/mol. The zero-order chi connectivity index (χ0) is 10.7. The number of nitrogens with one attached hydrogen (secondary N) is 1. The number of aromatic nitrogens is 1. The molecule has 0 spiro atoms. The van der Waals surface area contributed by atoms with Crippen LogP contribution in [0.5, 0.6) is 0 Å². The van der Waals surface area contributed by atoms with Gasteiger partial charge in [-0.25, -0.2) is 0 Å². The molecular weight excluding hydrogens is 271 g/mol. The molecular formula is C13H17NRu. The van der Waals surface area contributed by atoms with Gasteiger partial charge in [0, 0.05) is 0 Å². The van der Waals surface area contributed by atoms with Crippen LogP contribution in [0.25, 0.3) is 0 Å². The molecule has 0 amide bonds. The average Bonchev–Trinajstić information content (AvgIpc) is 2.87. The number of hydrogen-bond acceptors (Lipinski definition) is 0. The molecule has 1 N–H and O–H groups in total. The fourth-order valence-corrected chi connectivity index (χ4v) is 4.18. The van der Waals surface area contributed by atoms with E-state index in [0.29, 0.717) is 0 Å². The molecule has 0 aliphatic heterocycles. The van der Waals surface area contributed by atoms with Crippen molar-refractivity contribution >= 4 is 4.29 Å². The van der Waals surface area contributed by atoms with Crippen LogP contribution in [-0.2, 0) is 30.0 Å². The van der Waals surface area contributed by atoms with Gasteiger partial charge in [-0.15, -0.1) is 0 Å². The molecule has 0 saturated carbocycles. The van der Waals surface area contributed by atoms with E-state index in [1.807, 2.05) is 0 Å². The van der Waals surface area contributed by atoms with E-state index in [0.717, 1.165) is 12.8 Å². The molecule has 2 rings (SSSR count). The van der Waals surface area contributed by atoms with Crippen molar-refractivity contribution in [3.8, 4) is 0 Å². The molecule has 1 heterocycles. The zero-order valence-corrected chi connectivity index (χ0v) is 11.0. The summed E-state index contributed by atoms with van der Waals surface area (Å²) in [7, 11) is 0. The van der Waals surface area contributed by atoms with Gasteiger partial charge in [-0.3, -0.25) is 0 Å². The Morgan fingerprint density at radius 1 is 1.33 bits per heavy atom. The van der Waals surface area contributed by atoms with E-state index < -0.39 is 0 Å². The Morgan fingerprint density at radius 3 is 2.80 bits per heavy atom. The van der Waals surface area contributed by atoms with Gasteiger partial charge in [-0.05, 0) is 0 Å².